The number of aromatic nitrogens is 3. The Morgan fingerprint density at radius 2 is 1.75 bits per heavy atom. The van der Waals surface area contributed by atoms with Crippen LogP contribution in [0.1, 0.15) is 5.69 Å². The number of pyridine rings is 1. The highest BCUT2D eigenvalue weighted by atomic mass is 32.1. The number of amides is 2. The molecule has 0 aliphatic carbocycles. The van der Waals surface area contributed by atoms with Crippen LogP contribution in [-0.2, 0) is 18.3 Å². The molecule has 3 heterocycles. The highest BCUT2D eigenvalue weighted by molar-refractivity contribution is 7.22. The van der Waals surface area contributed by atoms with Crippen molar-refractivity contribution in [2.24, 2.45) is 7.05 Å². The van der Waals surface area contributed by atoms with E-state index < -0.39 is 24.0 Å². The van der Waals surface area contributed by atoms with Crippen LogP contribution < -0.4 is 25.4 Å². The number of methoxy groups -OCH3 is 1. The van der Waals surface area contributed by atoms with Crippen LogP contribution in [0.5, 0.6) is 17.2 Å². The van der Waals surface area contributed by atoms with E-state index in [9.17, 15) is 18.0 Å². The minimum absolute atomic E-state index is 0.0694. The van der Waals surface area contributed by atoms with Gasteiger partial charge in [0, 0.05) is 57.0 Å². The lowest BCUT2D eigenvalue weighted by Crippen LogP contribution is -2.20. The summed E-state index contributed by atoms with van der Waals surface area (Å²) in [6.45, 7) is 1.95. The summed E-state index contributed by atoms with van der Waals surface area (Å²) in [5, 5.41) is 8.21. The summed E-state index contributed by atoms with van der Waals surface area (Å²) < 4.78 is 69.5. The number of alkyl halides is 3. The Morgan fingerprint density at radius 1 is 1.00 bits per heavy atom. The van der Waals surface area contributed by atoms with Crippen LogP contribution in [0.3, 0.4) is 0 Å². The number of nitrogens with zero attached hydrogens (tertiary/aromatic N) is 3. The molecule has 0 radical (unpaired) electrons. The van der Waals surface area contributed by atoms with Gasteiger partial charge in [-0.25, -0.2) is 14.2 Å². The number of ether oxygens (including phenoxy) is 3. The van der Waals surface area contributed by atoms with Crippen molar-refractivity contribution >= 4 is 39.0 Å². The number of anilines is 2. The molecular formula is C29H26F4N6O4S. The van der Waals surface area contributed by atoms with Crippen LogP contribution in [0.2, 0.25) is 0 Å². The standard InChI is InChI=1S/C29H26F4N6O4S/c1-39-19(15-34-11-12-41-2)16-36-27(39)25-14-22-26(44-25)24(9-10-35-22)42-23-8-5-18(13-21(23)30)38-28(40)37-17-3-6-20(7-4-17)43-29(31,32)33/h3-10,13-14,16,34H,11-12,15H2,1-2H3,(H2,37,38,40). The van der Waals surface area contributed by atoms with Crippen LogP contribution in [0.25, 0.3) is 20.9 Å². The number of carbonyl (C=O) groups is 1. The Hall–Kier alpha value is -4.73. The summed E-state index contributed by atoms with van der Waals surface area (Å²) in [6, 6.07) is 11.3. The molecule has 0 unspecified atom stereocenters. The molecule has 0 atom stereocenters. The lowest BCUT2D eigenvalue weighted by atomic mass is 10.3. The molecule has 5 rings (SSSR count). The molecule has 2 amide bonds. The number of urea groups is 1. The fourth-order valence-corrected chi connectivity index (χ4v) is 5.25. The summed E-state index contributed by atoms with van der Waals surface area (Å²) in [5.74, 6) is -0.0720. The second-order valence-electron chi connectivity index (χ2n) is 9.33. The number of halogens is 4. The van der Waals surface area contributed by atoms with Crippen LogP contribution >= 0.6 is 11.3 Å². The number of hydrogen-bond donors (Lipinski definition) is 3. The molecule has 3 N–H and O–H groups in total. The summed E-state index contributed by atoms with van der Waals surface area (Å²) >= 11 is 1.41. The average molecular weight is 631 g/mol. The zero-order chi connectivity index (χ0) is 31.3. The lowest BCUT2D eigenvalue weighted by molar-refractivity contribution is -0.274. The van der Waals surface area contributed by atoms with Crippen LogP contribution in [-0.4, -0.2) is 47.2 Å². The molecule has 0 spiro atoms. The molecule has 5 aromatic rings. The second-order valence-corrected chi connectivity index (χ2v) is 10.4. The maximum atomic E-state index is 15.0. The Morgan fingerprint density at radius 3 is 2.48 bits per heavy atom. The minimum atomic E-state index is -4.82. The van der Waals surface area contributed by atoms with E-state index in [2.05, 4.69) is 30.7 Å². The largest absolute Gasteiger partial charge is 0.573 e. The van der Waals surface area contributed by atoms with Gasteiger partial charge in [-0.05, 0) is 42.5 Å². The third-order valence-electron chi connectivity index (χ3n) is 6.23. The van der Waals surface area contributed by atoms with E-state index in [0.717, 1.165) is 34.6 Å². The van der Waals surface area contributed by atoms with Gasteiger partial charge >= 0.3 is 12.4 Å². The van der Waals surface area contributed by atoms with Gasteiger partial charge in [-0.1, -0.05) is 0 Å². The third kappa shape index (κ3) is 7.61. The number of fused-ring (bicyclic) bond motifs is 1. The zero-order valence-corrected chi connectivity index (χ0v) is 24.2. The fourth-order valence-electron chi connectivity index (χ4n) is 4.15. The molecule has 15 heteroatoms. The summed E-state index contributed by atoms with van der Waals surface area (Å²) in [4.78, 5) is 22.2. The molecule has 0 saturated carbocycles. The molecule has 10 nitrogen and oxygen atoms in total. The van der Waals surface area contributed by atoms with Crippen molar-refractivity contribution in [2.75, 3.05) is 30.9 Å². The first-order chi connectivity index (χ1) is 21.1. The maximum absolute atomic E-state index is 15.0. The Kier molecular flexibility index (Phi) is 9.27. The van der Waals surface area contributed by atoms with Gasteiger partial charge in [-0.2, -0.15) is 0 Å². The van der Waals surface area contributed by atoms with Crippen LogP contribution in [0.4, 0.5) is 33.7 Å². The Balaban J connectivity index is 1.24. The molecule has 0 aliphatic heterocycles. The van der Waals surface area contributed by atoms with Gasteiger partial charge in [0.2, 0.25) is 0 Å². The normalized spacial score (nSPS) is 11.5. The second kappa shape index (κ2) is 13.3. The predicted molar refractivity (Wildman–Crippen MR) is 158 cm³/mol. The number of rotatable bonds is 11. The first kappa shape index (κ1) is 30.7. The lowest BCUT2D eigenvalue weighted by Gasteiger charge is -2.12. The van der Waals surface area contributed by atoms with Crippen molar-refractivity contribution in [1.82, 2.24) is 19.9 Å². The van der Waals surface area contributed by atoms with Crippen molar-refractivity contribution in [2.45, 2.75) is 12.9 Å². The molecule has 3 aromatic heterocycles. The van der Waals surface area contributed by atoms with Crippen molar-refractivity contribution in [3.8, 4) is 28.0 Å². The molecule has 44 heavy (non-hydrogen) atoms. The summed E-state index contributed by atoms with van der Waals surface area (Å²) in [5.41, 5.74) is 1.99. The van der Waals surface area contributed by atoms with Crippen LogP contribution in [0.15, 0.2) is 67.0 Å². The van der Waals surface area contributed by atoms with E-state index in [1.807, 2.05) is 17.7 Å². The van der Waals surface area contributed by atoms with Gasteiger partial charge < -0.3 is 34.7 Å². The molecule has 0 bridgehead atoms. The number of nitrogens with one attached hydrogen (secondary N) is 3. The topological polar surface area (TPSA) is 112 Å². The van der Waals surface area contributed by atoms with E-state index in [-0.39, 0.29) is 17.1 Å². The van der Waals surface area contributed by atoms with Gasteiger partial charge in [-0.3, -0.25) is 4.98 Å². The van der Waals surface area contributed by atoms with Gasteiger partial charge in [-0.15, -0.1) is 24.5 Å². The first-order valence-electron chi connectivity index (χ1n) is 13.1. The monoisotopic (exact) mass is 630 g/mol. The quantitative estimate of drug-likeness (QED) is 0.107. The number of benzene rings is 2. The van der Waals surface area contributed by atoms with E-state index in [4.69, 9.17) is 9.47 Å². The van der Waals surface area contributed by atoms with Crippen molar-refractivity contribution < 1.29 is 36.6 Å². The number of imidazole rings is 1. The molecule has 0 saturated heterocycles. The molecule has 2 aromatic carbocycles. The van der Waals surface area contributed by atoms with Crippen molar-refractivity contribution in [3.05, 3.63) is 78.5 Å². The summed E-state index contributed by atoms with van der Waals surface area (Å²) in [7, 11) is 3.58. The molecule has 230 valence electrons. The SMILES string of the molecule is COCCNCc1cnc(-c2cc3nccc(Oc4ccc(NC(=O)Nc5ccc(OC(F)(F)F)cc5)cc4F)c3s2)n1C. The van der Waals surface area contributed by atoms with E-state index in [1.165, 1.54) is 35.6 Å². The zero-order valence-electron chi connectivity index (χ0n) is 23.4. The molecule has 0 aliphatic rings. The predicted octanol–water partition coefficient (Wildman–Crippen LogP) is 6.91. The first-order valence-corrected chi connectivity index (χ1v) is 13.9. The van der Waals surface area contributed by atoms with E-state index in [0.29, 0.717) is 35.7 Å². The van der Waals surface area contributed by atoms with Gasteiger partial charge in [0.25, 0.3) is 0 Å². The molecular weight excluding hydrogens is 604 g/mol. The highest BCUT2D eigenvalue weighted by Gasteiger charge is 2.31. The summed E-state index contributed by atoms with van der Waals surface area (Å²) in [6.07, 6.45) is -1.45. The number of hydrogen-bond acceptors (Lipinski definition) is 8. The highest BCUT2D eigenvalue weighted by Crippen LogP contribution is 2.39. The average Bonchev–Trinajstić information content (AvgIpc) is 3.56. The third-order valence-corrected chi connectivity index (χ3v) is 7.36. The van der Waals surface area contributed by atoms with Gasteiger partial charge in [0.05, 0.1) is 33.6 Å². The molecule has 0 fully saturated rings. The maximum Gasteiger partial charge on any atom is 0.573 e. The van der Waals surface area contributed by atoms with Crippen molar-refractivity contribution in [3.63, 3.8) is 0 Å². The fraction of sp³-hybridized carbons (Fsp3) is 0.207. The smallest absolute Gasteiger partial charge is 0.453 e. The number of carbonyl (C=O) groups excluding carboxylic acids is 1. The Labute approximate surface area is 252 Å². The van der Waals surface area contributed by atoms with Gasteiger partial charge in [0.15, 0.2) is 11.6 Å². The van der Waals surface area contributed by atoms with E-state index >= 15 is 4.39 Å². The van der Waals surface area contributed by atoms with Crippen LogP contribution in [0, 0.1) is 5.82 Å². The number of thiophene rings is 1. The minimum Gasteiger partial charge on any atom is -0.453 e. The van der Waals surface area contributed by atoms with Crippen molar-refractivity contribution in [1.29, 1.82) is 0 Å². The van der Waals surface area contributed by atoms with Gasteiger partial charge in [0.1, 0.15) is 17.3 Å². The van der Waals surface area contributed by atoms with E-state index in [1.54, 1.807) is 25.6 Å². The Bertz CT molecular complexity index is 1760.